The molecular weight excluding hydrogens is 470 g/mol. The molecule has 7 nitrogen and oxygen atoms in total. The quantitative estimate of drug-likeness (QED) is 0.565. The summed E-state index contributed by atoms with van der Waals surface area (Å²) >= 11 is 0.956. The smallest absolute Gasteiger partial charge is 0.286 e. The number of aromatic nitrogens is 2. The molecule has 11 heteroatoms. The van der Waals surface area contributed by atoms with Crippen LogP contribution < -0.4 is 5.32 Å². The number of nitrogens with zero attached hydrogens (tertiary/aromatic N) is 3. The van der Waals surface area contributed by atoms with Crippen LogP contribution >= 0.6 is 11.3 Å². The maximum absolute atomic E-state index is 13.9. The van der Waals surface area contributed by atoms with Gasteiger partial charge in [0.2, 0.25) is 15.0 Å². The van der Waals surface area contributed by atoms with Crippen LogP contribution in [-0.2, 0) is 10.0 Å². The summed E-state index contributed by atoms with van der Waals surface area (Å²) in [5, 5.41) is 10.6. The molecule has 1 saturated heterocycles. The van der Waals surface area contributed by atoms with E-state index in [4.69, 9.17) is 0 Å². The fourth-order valence-corrected chi connectivity index (χ4v) is 7.22. The van der Waals surface area contributed by atoms with Crippen molar-refractivity contribution >= 4 is 33.0 Å². The Balaban J connectivity index is 1.59. The number of nitrogens with one attached hydrogen (secondary N) is 1. The standard InChI is InChI=1S/C22H22F2N4O3S2/c1-12-9-13(2)19(14(3)10-12)33(30,31)28-8-4-5-18(28)21-26-27-22(32-21)20(29)25-17-7-6-15(23)11-16(17)24/h6-7,9-11,18H,4-5,8H2,1-3H3,(H,25,29)/t18-/m1/s1. The summed E-state index contributed by atoms with van der Waals surface area (Å²) in [6, 6.07) is 5.94. The highest BCUT2D eigenvalue weighted by atomic mass is 32.2. The van der Waals surface area contributed by atoms with Crippen LogP contribution in [0.4, 0.5) is 14.5 Å². The summed E-state index contributed by atoms with van der Waals surface area (Å²) < 4.78 is 55.4. The molecular formula is C22H22F2N4O3S2. The molecule has 1 aliphatic heterocycles. The molecule has 1 amide bonds. The van der Waals surface area contributed by atoms with Gasteiger partial charge in [-0.05, 0) is 56.9 Å². The van der Waals surface area contributed by atoms with Gasteiger partial charge in [-0.25, -0.2) is 17.2 Å². The first kappa shape index (κ1) is 23.4. The Labute approximate surface area is 194 Å². The molecule has 2 aromatic carbocycles. The van der Waals surface area contributed by atoms with Crippen LogP contribution in [0.5, 0.6) is 0 Å². The Morgan fingerprint density at radius 3 is 2.48 bits per heavy atom. The molecule has 0 radical (unpaired) electrons. The molecule has 174 valence electrons. The average Bonchev–Trinajstić information content (AvgIpc) is 3.38. The van der Waals surface area contributed by atoms with Crippen molar-refractivity contribution in [1.82, 2.24) is 14.5 Å². The largest absolute Gasteiger partial charge is 0.317 e. The normalized spacial score (nSPS) is 16.8. The van der Waals surface area contributed by atoms with Gasteiger partial charge in [0.15, 0.2) is 0 Å². The highest BCUT2D eigenvalue weighted by molar-refractivity contribution is 7.89. The molecule has 0 bridgehead atoms. The van der Waals surface area contributed by atoms with E-state index in [1.54, 1.807) is 13.8 Å². The molecule has 1 aromatic heterocycles. The van der Waals surface area contributed by atoms with Crippen molar-refractivity contribution in [2.24, 2.45) is 0 Å². The number of anilines is 1. The molecule has 4 rings (SSSR count). The van der Waals surface area contributed by atoms with Crippen LogP contribution in [0.3, 0.4) is 0 Å². The second-order valence-corrected chi connectivity index (χ2v) is 10.9. The van der Waals surface area contributed by atoms with Crippen molar-refractivity contribution in [3.63, 3.8) is 0 Å². The molecule has 0 saturated carbocycles. The second-order valence-electron chi connectivity index (χ2n) is 8.03. The van der Waals surface area contributed by atoms with E-state index in [0.717, 1.165) is 29.0 Å². The van der Waals surface area contributed by atoms with Crippen molar-refractivity contribution < 1.29 is 22.0 Å². The Morgan fingerprint density at radius 2 is 1.82 bits per heavy atom. The van der Waals surface area contributed by atoms with Gasteiger partial charge in [-0.1, -0.05) is 29.0 Å². The third-order valence-corrected chi connectivity index (χ3v) is 8.71. The fourth-order valence-electron chi connectivity index (χ4n) is 4.19. The third kappa shape index (κ3) is 4.53. The first-order chi connectivity index (χ1) is 15.6. The van der Waals surface area contributed by atoms with Gasteiger partial charge in [0.05, 0.1) is 16.6 Å². The number of carbonyl (C=O) groups is 1. The monoisotopic (exact) mass is 492 g/mol. The van der Waals surface area contributed by atoms with Gasteiger partial charge in [0, 0.05) is 12.6 Å². The van der Waals surface area contributed by atoms with Gasteiger partial charge in [-0.15, -0.1) is 10.2 Å². The summed E-state index contributed by atoms with van der Waals surface area (Å²) in [6.45, 7) is 5.81. The van der Waals surface area contributed by atoms with Crippen LogP contribution in [0, 0.1) is 32.4 Å². The van der Waals surface area contributed by atoms with Crippen LogP contribution in [0.25, 0.3) is 0 Å². The van der Waals surface area contributed by atoms with E-state index in [2.05, 4.69) is 15.5 Å². The number of carbonyl (C=O) groups excluding carboxylic acids is 1. The summed E-state index contributed by atoms with van der Waals surface area (Å²) in [7, 11) is -3.80. The minimum Gasteiger partial charge on any atom is -0.317 e. The first-order valence-corrected chi connectivity index (χ1v) is 12.5. The molecule has 2 heterocycles. The number of halogens is 2. The summed E-state index contributed by atoms with van der Waals surface area (Å²) in [5.41, 5.74) is 2.15. The number of aryl methyl sites for hydroxylation is 3. The minimum atomic E-state index is -3.80. The van der Waals surface area contributed by atoms with E-state index >= 15 is 0 Å². The Kier molecular flexibility index (Phi) is 6.30. The summed E-state index contributed by atoms with van der Waals surface area (Å²) in [4.78, 5) is 12.8. The van der Waals surface area contributed by atoms with Gasteiger partial charge < -0.3 is 5.32 Å². The molecule has 0 unspecified atom stereocenters. The van der Waals surface area contributed by atoms with Crippen LogP contribution in [0.15, 0.2) is 35.2 Å². The van der Waals surface area contributed by atoms with E-state index in [-0.39, 0.29) is 15.6 Å². The molecule has 0 spiro atoms. The third-order valence-electron chi connectivity index (χ3n) is 5.47. The molecule has 1 N–H and O–H groups in total. The lowest BCUT2D eigenvalue weighted by Gasteiger charge is -2.24. The van der Waals surface area contributed by atoms with Gasteiger partial charge in [-0.2, -0.15) is 4.31 Å². The lowest BCUT2D eigenvalue weighted by atomic mass is 10.1. The van der Waals surface area contributed by atoms with Crippen molar-refractivity contribution in [1.29, 1.82) is 0 Å². The number of rotatable bonds is 5. The lowest BCUT2D eigenvalue weighted by Crippen LogP contribution is -2.31. The number of benzene rings is 2. The molecule has 1 fully saturated rings. The topological polar surface area (TPSA) is 92.3 Å². The zero-order valence-electron chi connectivity index (χ0n) is 18.2. The van der Waals surface area contributed by atoms with Gasteiger partial charge in [-0.3, -0.25) is 4.79 Å². The molecule has 3 aromatic rings. The SMILES string of the molecule is Cc1cc(C)c(S(=O)(=O)N2CCC[C@@H]2c2nnc(C(=O)Nc3ccc(F)cc3F)s2)c(C)c1. The fraction of sp³-hybridized carbons (Fsp3) is 0.318. The maximum atomic E-state index is 13.9. The number of hydrogen-bond donors (Lipinski definition) is 1. The summed E-state index contributed by atoms with van der Waals surface area (Å²) in [6.07, 6.45) is 1.20. The number of amides is 1. The van der Waals surface area contributed by atoms with E-state index < -0.39 is 33.6 Å². The van der Waals surface area contributed by atoms with Gasteiger partial charge >= 0.3 is 0 Å². The lowest BCUT2D eigenvalue weighted by molar-refractivity contribution is 0.102. The van der Waals surface area contributed by atoms with Crippen molar-refractivity contribution in [3.05, 3.63) is 68.7 Å². The predicted molar refractivity (Wildman–Crippen MR) is 121 cm³/mol. The van der Waals surface area contributed by atoms with Crippen molar-refractivity contribution in [2.75, 3.05) is 11.9 Å². The van der Waals surface area contributed by atoms with Gasteiger partial charge in [0.1, 0.15) is 16.6 Å². The highest BCUT2D eigenvalue weighted by Crippen LogP contribution is 2.39. The van der Waals surface area contributed by atoms with Crippen LogP contribution in [-0.4, -0.2) is 35.4 Å². The molecule has 1 atom stereocenters. The van der Waals surface area contributed by atoms with E-state index in [0.29, 0.717) is 41.6 Å². The Hall–Kier alpha value is -2.76. The molecule has 0 aliphatic carbocycles. The Morgan fingerprint density at radius 1 is 1.12 bits per heavy atom. The zero-order chi connectivity index (χ0) is 23.9. The highest BCUT2D eigenvalue weighted by Gasteiger charge is 2.39. The number of hydrogen-bond acceptors (Lipinski definition) is 6. The van der Waals surface area contributed by atoms with Crippen molar-refractivity contribution in [2.45, 2.75) is 44.6 Å². The van der Waals surface area contributed by atoms with Crippen molar-refractivity contribution in [3.8, 4) is 0 Å². The first-order valence-electron chi connectivity index (χ1n) is 10.3. The zero-order valence-corrected chi connectivity index (χ0v) is 19.9. The van der Waals surface area contributed by atoms with E-state index in [9.17, 15) is 22.0 Å². The van der Waals surface area contributed by atoms with Gasteiger partial charge in [0.25, 0.3) is 5.91 Å². The molecule has 33 heavy (non-hydrogen) atoms. The van der Waals surface area contributed by atoms with Crippen LogP contribution in [0.2, 0.25) is 0 Å². The second kappa shape index (κ2) is 8.88. The Bertz CT molecular complexity index is 1320. The molecule has 1 aliphatic rings. The minimum absolute atomic E-state index is 0.0410. The predicted octanol–water partition coefficient (Wildman–Crippen LogP) is 4.52. The van der Waals surface area contributed by atoms with Crippen LogP contribution in [0.1, 0.15) is 50.4 Å². The van der Waals surface area contributed by atoms with E-state index in [1.807, 2.05) is 19.1 Å². The summed E-state index contributed by atoms with van der Waals surface area (Å²) in [5.74, 6) is -2.38. The average molecular weight is 493 g/mol. The van der Waals surface area contributed by atoms with E-state index in [1.165, 1.54) is 4.31 Å². The maximum Gasteiger partial charge on any atom is 0.286 e. The number of sulfonamides is 1.